The van der Waals surface area contributed by atoms with Gasteiger partial charge < -0.3 is 19.1 Å². The highest BCUT2D eigenvalue weighted by Gasteiger charge is 2.45. The van der Waals surface area contributed by atoms with Gasteiger partial charge in [-0.15, -0.1) is 0 Å². The number of methoxy groups -OCH3 is 2. The summed E-state index contributed by atoms with van der Waals surface area (Å²) in [5.74, 6) is 0.373. The number of carbonyl (C=O) groups excluding carboxylic acids is 2. The Morgan fingerprint density at radius 1 is 1.09 bits per heavy atom. The molecule has 1 amide bonds. The average molecular weight is 485 g/mol. The zero-order valence-electron chi connectivity index (χ0n) is 19.4. The van der Waals surface area contributed by atoms with Crippen molar-refractivity contribution in [3.63, 3.8) is 0 Å². The van der Waals surface area contributed by atoms with E-state index in [1.807, 2.05) is 0 Å². The molecule has 1 fully saturated rings. The van der Waals surface area contributed by atoms with Crippen molar-refractivity contribution in [3.05, 3.63) is 61.2 Å². The van der Waals surface area contributed by atoms with Crippen LogP contribution < -0.4 is 14.2 Å². The summed E-state index contributed by atoms with van der Waals surface area (Å²) in [4.78, 5) is 48.7. The molecule has 0 aliphatic carbocycles. The van der Waals surface area contributed by atoms with Crippen LogP contribution >= 0.6 is 0 Å². The number of fused-ring (bicyclic) bond motifs is 1. The van der Waals surface area contributed by atoms with Crippen LogP contribution in [0, 0.1) is 27.2 Å². The lowest BCUT2D eigenvalue weighted by Gasteiger charge is -2.44. The summed E-state index contributed by atoms with van der Waals surface area (Å²) in [5.41, 5.74) is -1.52. The minimum Gasteiger partial charge on any atom is -0.493 e. The second-order valence-corrected chi connectivity index (χ2v) is 8.51. The third-order valence-corrected chi connectivity index (χ3v) is 6.57. The number of nitro groups is 2. The highest BCUT2D eigenvalue weighted by Crippen LogP contribution is 2.48. The maximum Gasteiger partial charge on any atom is 0.279 e. The van der Waals surface area contributed by atoms with E-state index in [9.17, 15) is 29.8 Å². The smallest absolute Gasteiger partial charge is 0.279 e. The molecule has 35 heavy (non-hydrogen) atoms. The molecule has 0 aromatic heterocycles. The molecule has 2 aliphatic rings. The van der Waals surface area contributed by atoms with Crippen LogP contribution in [0.2, 0.25) is 0 Å². The summed E-state index contributed by atoms with van der Waals surface area (Å²) in [5, 5.41) is 22.6. The molecule has 2 aliphatic heterocycles. The lowest BCUT2D eigenvalue weighted by molar-refractivity contribution is -0.394. The largest absolute Gasteiger partial charge is 0.493 e. The summed E-state index contributed by atoms with van der Waals surface area (Å²) in [6.45, 7) is 1.79. The molecular weight excluding hydrogens is 462 g/mol. The minimum absolute atomic E-state index is 0.0562. The fourth-order valence-electron chi connectivity index (χ4n) is 4.63. The van der Waals surface area contributed by atoms with Crippen LogP contribution in [-0.2, 0) is 0 Å². The number of amides is 1. The highest BCUT2D eigenvalue weighted by atomic mass is 16.6. The monoisotopic (exact) mass is 485 g/mol. The molecule has 0 radical (unpaired) electrons. The number of benzene rings is 2. The Morgan fingerprint density at radius 2 is 1.77 bits per heavy atom. The van der Waals surface area contributed by atoms with E-state index in [0.717, 1.165) is 12.1 Å². The molecule has 2 heterocycles. The number of piperidine rings is 1. The summed E-state index contributed by atoms with van der Waals surface area (Å²) in [6, 6.07) is 5.17. The summed E-state index contributed by atoms with van der Waals surface area (Å²) < 4.78 is 17.1. The first-order valence-corrected chi connectivity index (χ1v) is 10.8. The molecule has 0 saturated carbocycles. The van der Waals surface area contributed by atoms with Crippen LogP contribution in [0.1, 0.15) is 45.5 Å². The van der Waals surface area contributed by atoms with Crippen molar-refractivity contribution in [1.82, 2.24) is 4.90 Å². The van der Waals surface area contributed by atoms with Crippen LogP contribution in [0.5, 0.6) is 17.2 Å². The number of carbonyl (C=O) groups is 2. The zero-order valence-corrected chi connectivity index (χ0v) is 19.4. The number of non-ortho nitro benzene ring substituents is 1. The fourth-order valence-corrected chi connectivity index (χ4v) is 4.63. The van der Waals surface area contributed by atoms with Gasteiger partial charge in [0.05, 0.1) is 47.7 Å². The number of hydrogen-bond acceptors (Lipinski definition) is 9. The first-order valence-electron chi connectivity index (χ1n) is 10.8. The Balaban J connectivity index is 1.59. The lowest BCUT2D eigenvalue weighted by atomic mass is 9.82. The van der Waals surface area contributed by atoms with Crippen molar-refractivity contribution >= 4 is 23.1 Å². The van der Waals surface area contributed by atoms with Crippen molar-refractivity contribution in [3.8, 4) is 17.2 Å². The van der Waals surface area contributed by atoms with Gasteiger partial charge in [-0.05, 0) is 19.1 Å². The van der Waals surface area contributed by atoms with E-state index in [1.165, 1.54) is 26.0 Å². The van der Waals surface area contributed by atoms with Gasteiger partial charge >= 0.3 is 0 Å². The molecule has 1 saturated heterocycles. The SMILES string of the molecule is COc1ccc2c(c1OC)OC1(CCN(C(=O)c3cc([N+](=O)[O-])cc([N+](=O)[O-])c3C)CC1)CC2=O. The van der Waals surface area contributed by atoms with Crippen molar-refractivity contribution in [2.24, 2.45) is 0 Å². The van der Waals surface area contributed by atoms with Crippen molar-refractivity contribution in [2.45, 2.75) is 31.8 Å². The van der Waals surface area contributed by atoms with E-state index in [4.69, 9.17) is 14.2 Å². The van der Waals surface area contributed by atoms with Crippen LogP contribution in [0.25, 0.3) is 0 Å². The second kappa shape index (κ2) is 8.85. The Labute approximate surface area is 199 Å². The number of ether oxygens (including phenoxy) is 3. The number of nitrogens with zero attached hydrogens (tertiary/aromatic N) is 3. The maximum atomic E-state index is 13.2. The first kappa shape index (κ1) is 23.9. The number of nitro benzene ring substituents is 2. The zero-order chi connectivity index (χ0) is 25.5. The summed E-state index contributed by atoms with van der Waals surface area (Å²) in [6.07, 6.45) is 0.763. The molecular formula is C23H23N3O9. The van der Waals surface area contributed by atoms with Crippen LogP contribution in [0.15, 0.2) is 24.3 Å². The number of hydrogen-bond donors (Lipinski definition) is 0. The second-order valence-electron chi connectivity index (χ2n) is 8.51. The Bertz CT molecular complexity index is 1250. The maximum absolute atomic E-state index is 13.2. The topological polar surface area (TPSA) is 151 Å². The van der Waals surface area contributed by atoms with Gasteiger partial charge in [0.25, 0.3) is 17.3 Å². The lowest BCUT2D eigenvalue weighted by Crippen LogP contribution is -2.52. The molecule has 12 heteroatoms. The third-order valence-electron chi connectivity index (χ3n) is 6.57. The molecule has 0 N–H and O–H groups in total. The van der Waals surface area contributed by atoms with Crippen molar-refractivity contribution in [2.75, 3.05) is 27.3 Å². The molecule has 4 rings (SSSR count). The predicted molar refractivity (Wildman–Crippen MR) is 121 cm³/mol. The molecule has 0 bridgehead atoms. The molecule has 2 aromatic rings. The van der Waals surface area contributed by atoms with Gasteiger partial charge in [0.15, 0.2) is 17.3 Å². The number of rotatable bonds is 5. The molecule has 12 nitrogen and oxygen atoms in total. The van der Waals surface area contributed by atoms with Gasteiger partial charge in [-0.1, -0.05) is 0 Å². The van der Waals surface area contributed by atoms with E-state index in [1.54, 1.807) is 12.1 Å². The Hall–Kier alpha value is -4.22. The Kier molecular flexibility index (Phi) is 6.05. The van der Waals surface area contributed by atoms with Gasteiger partial charge in [0.1, 0.15) is 5.60 Å². The van der Waals surface area contributed by atoms with Gasteiger partial charge in [-0.25, -0.2) is 0 Å². The normalized spacial score (nSPS) is 16.3. The van der Waals surface area contributed by atoms with E-state index in [-0.39, 0.29) is 36.4 Å². The number of Topliss-reactive ketones (excluding diaryl/α,β-unsaturated/α-hetero) is 1. The standard InChI is InChI=1S/C23H23N3O9/c1-13-16(10-14(25(29)30)11-17(13)26(31)32)22(28)24-8-6-23(7-9-24)12-18(27)15-4-5-19(33-2)21(34-3)20(15)35-23/h4-5,10-11H,6-9,12H2,1-3H3. The van der Waals surface area contributed by atoms with Crippen molar-refractivity contribution in [1.29, 1.82) is 0 Å². The average Bonchev–Trinajstić information content (AvgIpc) is 2.83. The summed E-state index contributed by atoms with van der Waals surface area (Å²) >= 11 is 0. The van der Waals surface area contributed by atoms with E-state index in [2.05, 4.69) is 0 Å². The van der Waals surface area contributed by atoms with Gasteiger partial charge in [0.2, 0.25) is 5.75 Å². The van der Waals surface area contributed by atoms with Crippen LogP contribution in [-0.4, -0.2) is 59.3 Å². The molecule has 1 spiro atoms. The van der Waals surface area contributed by atoms with E-state index in [0.29, 0.717) is 35.7 Å². The fraction of sp³-hybridized carbons (Fsp3) is 0.391. The number of ketones is 1. The molecule has 0 unspecified atom stereocenters. The highest BCUT2D eigenvalue weighted by molar-refractivity contribution is 6.02. The minimum atomic E-state index is -0.857. The van der Waals surface area contributed by atoms with Gasteiger partial charge in [0, 0.05) is 37.6 Å². The van der Waals surface area contributed by atoms with Gasteiger partial charge in [-0.3, -0.25) is 29.8 Å². The summed E-state index contributed by atoms with van der Waals surface area (Å²) in [7, 11) is 2.93. The van der Waals surface area contributed by atoms with Crippen molar-refractivity contribution < 1.29 is 33.6 Å². The van der Waals surface area contributed by atoms with E-state index >= 15 is 0 Å². The predicted octanol–water partition coefficient (Wildman–Crippen LogP) is 3.47. The molecule has 0 atom stereocenters. The Morgan fingerprint density at radius 3 is 2.34 bits per heavy atom. The van der Waals surface area contributed by atoms with E-state index < -0.39 is 32.7 Å². The van der Waals surface area contributed by atoms with Crippen LogP contribution in [0.4, 0.5) is 11.4 Å². The number of likely N-dealkylation sites (tertiary alicyclic amines) is 1. The molecule has 2 aromatic carbocycles. The third kappa shape index (κ3) is 4.11. The first-order chi connectivity index (χ1) is 16.6. The van der Waals surface area contributed by atoms with Gasteiger partial charge in [-0.2, -0.15) is 0 Å². The quantitative estimate of drug-likeness (QED) is 0.458. The van der Waals surface area contributed by atoms with Crippen LogP contribution in [0.3, 0.4) is 0 Å². The molecule has 184 valence electrons.